The van der Waals surface area contributed by atoms with E-state index in [4.69, 9.17) is 27.2 Å². The molecule has 208 valence electrons. The fraction of sp³-hybridized carbons (Fsp3) is 0.200. The molecule has 2 aromatic carbocycles. The number of aromatic nitrogens is 5. The lowest BCUT2D eigenvalue weighted by molar-refractivity contribution is 0.231. The molecule has 0 bridgehead atoms. The second-order valence-electron chi connectivity index (χ2n) is 10.1. The van der Waals surface area contributed by atoms with Crippen LogP contribution in [0, 0.1) is 12.7 Å². The van der Waals surface area contributed by atoms with Crippen molar-refractivity contribution in [3.8, 4) is 28.1 Å². The normalized spacial score (nSPS) is 12.5. The third kappa shape index (κ3) is 4.62. The van der Waals surface area contributed by atoms with Crippen LogP contribution in [-0.4, -0.2) is 30.3 Å². The number of anilines is 1. The molecule has 0 fully saturated rings. The summed E-state index contributed by atoms with van der Waals surface area (Å²) in [6, 6.07) is 13.9. The Hall–Kier alpha value is -4.28. The highest BCUT2D eigenvalue weighted by molar-refractivity contribution is 7.16. The molecule has 6 rings (SSSR count). The van der Waals surface area contributed by atoms with Crippen LogP contribution in [0.1, 0.15) is 37.9 Å². The fourth-order valence-electron chi connectivity index (χ4n) is 5.07. The summed E-state index contributed by atoms with van der Waals surface area (Å²) in [5, 5.41) is 7.47. The molecule has 0 saturated heterocycles. The minimum Gasteiger partial charge on any atom is -0.488 e. The van der Waals surface area contributed by atoms with Gasteiger partial charge in [-0.25, -0.2) is 19.0 Å². The number of thiazole rings is 1. The van der Waals surface area contributed by atoms with Gasteiger partial charge in [-0.15, -0.1) is 11.3 Å². The van der Waals surface area contributed by atoms with Gasteiger partial charge in [0.15, 0.2) is 17.2 Å². The highest BCUT2D eigenvalue weighted by Gasteiger charge is 2.26. The third-order valence-corrected chi connectivity index (χ3v) is 8.20. The van der Waals surface area contributed by atoms with E-state index in [9.17, 15) is 4.79 Å². The van der Waals surface area contributed by atoms with Crippen LogP contribution >= 0.6 is 22.9 Å². The zero-order valence-corrected chi connectivity index (χ0v) is 24.3. The van der Waals surface area contributed by atoms with E-state index in [0.717, 1.165) is 16.7 Å². The topological polar surface area (TPSA) is 100 Å². The number of hydrogen-bond donors (Lipinski definition) is 1. The Labute approximate surface area is 243 Å². The Balaban J connectivity index is 1.59. The van der Waals surface area contributed by atoms with E-state index in [0.29, 0.717) is 37.8 Å². The molecule has 0 aliphatic rings. The van der Waals surface area contributed by atoms with Gasteiger partial charge in [-0.1, -0.05) is 41.4 Å². The zero-order chi connectivity index (χ0) is 29.0. The van der Waals surface area contributed by atoms with Gasteiger partial charge in [-0.2, -0.15) is 5.10 Å². The quantitative estimate of drug-likeness (QED) is 0.227. The second-order valence-corrected chi connectivity index (χ2v) is 11.4. The Bertz CT molecular complexity index is 2010. The number of hydrogen-bond acceptors (Lipinski definition) is 7. The SMILES string of the molecule is Cc1cccc(-c2c([C@H](C)n3nc(-c4ccc(OC(C)C)c(F)c4)c4c(N)ncnc43)cc3scc(Cl)n3c2=O)c1. The molecule has 0 unspecified atom stereocenters. The first-order chi connectivity index (χ1) is 19.6. The summed E-state index contributed by atoms with van der Waals surface area (Å²) in [5.41, 5.74) is 10.5. The summed E-state index contributed by atoms with van der Waals surface area (Å²) in [5.74, 6) is -0.153. The van der Waals surface area contributed by atoms with Crippen molar-refractivity contribution in [1.82, 2.24) is 24.1 Å². The maximum Gasteiger partial charge on any atom is 0.265 e. The number of nitrogen functional groups attached to an aromatic ring is 1. The molecule has 0 spiro atoms. The van der Waals surface area contributed by atoms with Crippen LogP contribution in [0.4, 0.5) is 10.2 Å². The molecule has 0 aliphatic heterocycles. The molecule has 2 N–H and O–H groups in total. The van der Waals surface area contributed by atoms with Gasteiger partial charge in [-0.05, 0) is 63.1 Å². The lowest BCUT2D eigenvalue weighted by atomic mass is 9.96. The Morgan fingerprint density at radius 1 is 1.07 bits per heavy atom. The molecule has 0 aliphatic carbocycles. The van der Waals surface area contributed by atoms with Crippen molar-refractivity contribution >= 4 is 44.6 Å². The maximum absolute atomic E-state index is 15.0. The molecule has 6 aromatic rings. The summed E-state index contributed by atoms with van der Waals surface area (Å²) in [7, 11) is 0. The van der Waals surface area contributed by atoms with E-state index < -0.39 is 11.9 Å². The van der Waals surface area contributed by atoms with E-state index in [1.54, 1.807) is 22.2 Å². The molecule has 4 aromatic heterocycles. The minimum absolute atomic E-state index is 0.149. The molecular weight excluding hydrogens is 563 g/mol. The van der Waals surface area contributed by atoms with E-state index in [-0.39, 0.29) is 23.2 Å². The van der Waals surface area contributed by atoms with Crippen molar-refractivity contribution in [2.45, 2.75) is 39.8 Å². The van der Waals surface area contributed by atoms with Crippen molar-refractivity contribution in [3.05, 3.63) is 92.7 Å². The molecule has 0 radical (unpaired) electrons. The molecule has 0 amide bonds. The summed E-state index contributed by atoms with van der Waals surface area (Å²) in [6.07, 6.45) is 1.19. The summed E-state index contributed by atoms with van der Waals surface area (Å²) in [6.45, 7) is 7.58. The van der Waals surface area contributed by atoms with Gasteiger partial charge in [0.2, 0.25) is 0 Å². The number of pyridine rings is 1. The lowest BCUT2D eigenvalue weighted by Gasteiger charge is -2.18. The van der Waals surface area contributed by atoms with Gasteiger partial charge in [0.25, 0.3) is 5.56 Å². The predicted molar refractivity (Wildman–Crippen MR) is 161 cm³/mol. The molecule has 1 atom stereocenters. The Morgan fingerprint density at radius 2 is 1.88 bits per heavy atom. The van der Waals surface area contributed by atoms with Gasteiger partial charge < -0.3 is 10.5 Å². The van der Waals surface area contributed by atoms with Crippen LogP contribution in [0.5, 0.6) is 5.75 Å². The highest BCUT2D eigenvalue weighted by atomic mass is 35.5. The average Bonchev–Trinajstić information content (AvgIpc) is 3.51. The van der Waals surface area contributed by atoms with Crippen LogP contribution in [0.15, 0.2) is 65.0 Å². The summed E-state index contributed by atoms with van der Waals surface area (Å²) >= 11 is 7.80. The number of fused-ring (bicyclic) bond motifs is 2. The number of nitrogens with zero attached hydrogens (tertiary/aromatic N) is 5. The van der Waals surface area contributed by atoms with Crippen LogP contribution in [0.3, 0.4) is 0 Å². The second kappa shape index (κ2) is 10.3. The molecule has 4 heterocycles. The van der Waals surface area contributed by atoms with Crippen LogP contribution in [0.25, 0.3) is 38.2 Å². The zero-order valence-electron chi connectivity index (χ0n) is 22.7. The summed E-state index contributed by atoms with van der Waals surface area (Å²) < 4.78 is 23.8. The van der Waals surface area contributed by atoms with Gasteiger partial charge >= 0.3 is 0 Å². The number of rotatable bonds is 6. The number of ether oxygens (including phenoxy) is 1. The monoisotopic (exact) mass is 588 g/mol. The lowest BCUT2D eigenvalue weighted by Crippen LogP contribution is -2.20. The van der Waals surface area contributed by atoms with Crippen LogP contribution in [0.2, 0.25) is 5.15 Å². The van der Waals surface area contributed by atoms with Crippen molar-refractivity contribution in [3.63, 3.8) is 0 Å². The number of nitrogens with two attached hydrogens (primary N) is 1. The summed E-state index contributed by atoms with van der Waals surface area (Å²) in [4.78, 5) is 23.3. The first-order valence-corrected chi connectivity index (χ1v) is 14.2. The van der Waals surface area contributed by atoms with E-state index in [1.165, 1.54) is 28.1 Å². The van der Waals surface area contributed by atoms with Gasteiger partial charge in [0, 0.05) is 10.9 Å². The third-order valence-electron chi connectivity index (χ3n) is 6.91. The van der Waals surface area contributed by atoms with Crippen LogP contribution < -0.4 is 16.0 Å². The van der Waals surface area contributed by atoms with Gasteiger partial charge in [0.05, 0.1) is 23.1 Å². The molecule has 41 heavy (non-hydrogen) atoms. The highest BCUT2D eigenvalue weighted by Crippen LogP contribution is 2.37. The van der Waals surface area contributed by atoms with Gasteiger partial charge in [0.1, 0.15) is 27.8 Å². The Morgan fingerprint density at radius 3 is 2.61 bits per heavy atom. The first-order valence-electron chi connectivity index (χ1n) is 13.0. The van der Waals surface area contributed by atoms with Gasteiger partial charge in [-0.3, -0.25) is 9.20 Å². The van der Waals surface area contributed by atoms with Crippen molar-refractivity contribution in [1.29, 1.82) is 0 Å². The average molecular weight is 589 g/mol. The smallest absolute Gasteiger partial charge is 0.265 e. The molecule has 0 saturated carbocycles. The van der Waals surface area contributed by atoms with Crippen LogP contribution in [-0.2, 0) is 0 Å². The van der Waals surface area contributed by atoms with E-state index in [2.05, 4.69) is 9.97 Å². The largest absolute Gasteiger partial charge is 0.488 e. The maximum atomic E-state index is 15.0. The molecule has 11 heteroatoms. The standard InChI is InChI=1S/C30H26ClFN6O2S/c1-15(2)40-22-9-8-19(11-21(22)32)27-26-28(33)34-14-35-29(26)38(36-27)17(4)20-12-24-37(23(31)13-41-24)30(39)25(20)18-7-5-6-16(3)10-18/h5-15,17H,1-4H3,(H2,33,34,35)/t17-/m0/s1. The molecular formula is C30H26ClFN6O2S. The van der Waals surface area contributed by atoms with Crippen molar-refractivity contribution in [2.24, 2.45) is 0 Å². The van der Waals surface area contributed by atoms with Crippen molar-refractivity contribution < 1.29 is 9.13 Å². The number of halogens is 2. The fourth-order valence-corrected chi connectivity index (χ4v) is 6.23. The minimum atomic E-state index is -0.517. The van der Waals surface area contributed by atoms with E-state index in [1.807, 2.05) is 58.0 Å². The number of benzene rings is 2. The van der Waals surface area contributed by atoms with E-state index >= 15 is 4.39 Å². The first kappa shape index (κ1) is 26.9. The predicted octanol–water partition coefficient (Wildman–Crippen LogP) is 6.91. The van der Waals surface area contributed by atoms with Crippen molar-refractivity contribution in [2.75, 3.05) is 5.73 Å². The Kier molecular flexibility index (Phi) is 6.75. The number of aryl methyl sites for hydroxylation is 1. The molecule has 8 nitrogen and oxygen atoms in total.